The van der Waals surface area contributed by atoms with Crippen LogP contribution >= 0.6 is 0 Å². The molecule has 2 nitrogen and oxygen atoms in total. The monoisotopic (exact) mass is 1380 g/mol. The molecule has 17 rings (SSSR count). The van der Waals surface area contributed by atoms with E-state index in [0.717, 1.165) is 66.2 Å². The fourth-order valence-electron chi connectivity index (χ4n) is 18.1. The number of hydrogen-bond donors (Lipinski definition) is 0. The smallest absolute Gasteiger partial charge is 0.0465 e. The maximum absolute atomic E-state index is 2.58. The van der Waals surface area contributed by atoms with Gasteiger partial charge in [-0.1, -0.05) is 324 Å². The lowest BCUT2D eigenvalue weighted by atomic mass is 9.68. The van der Waals surface area contributed by atoms with E-state index < -0.39 is 5.41 Å². The predicted molar refractivity (Wildman–Crippen MR) is 455 cm³/mol. The Bertz CT molecular complexity index is 5270. The summed E-state index contributed by atoms with van der Waals surface area (Å²) in [4.78, 5) is 4.90. The van der Waals surface area contributed by atoms with Gasteiger partial charge in [-0.2, -0.15) is 0 Å². The molecule has 1 unspecified atom stereocenters. The summed E-state index contributed by atoms with van der Waals surface area (Å²) in [5.74, 6) is 0.583. The summed E-state index contributed by atoms with van der Waals surface area (Å²) in [5.41, 5.74) is 37.5. The molecule has 1 atom stereocenters. The Morgan fingerprint density at radius 3 is 1.07 bits per heavy atom. The molecule has 0 fully saturated rings. The van der Waals surface area contributed by atoms with Crippen molar-refractivity contribution in [3.8, 4) is 77.9 Å². The summed E-state index contributed by atoms with van der Waals surface area (Å²) in [6.45, 7) is 21.2. The van der Waals surface area contributed by atoms with E-state index in [-0.39, 0.29) is 16.2 Å². The second-order valence-electron chi connectivity index (χ2n) is 32.6. The minimum Gasteiger partial charge on any atom is -0.310 e. The van der Waals surface area contributed by atoms with Crippen molar-refractivity contribution < 1.29 is 0 Å². The van der Waals surface area contributed by atoms with Gasteiger partial charge in [0, 0.05) is 50.4 Å². The van der Waals surface area contributed by atoms with E-state index in [4.69, 9.17) is 0 Å². The molecule has 2 heteroatoms. The van der Waals surface area contributed by atoms with Crippen molar-refractivity contribution in [2.75, 3.05) is 9.80 Å². The SMILES string of the molecule is CCC(C)c1ccc(CCCCCCC2(c3ccc(C(C)(C)C)cc3)c3cc(-c4ccc(N(c5ccc(-c6ccccc6)cc5)c5ccc6c(c5)C(C)(C)c5ccccc5-6)cc4)ccc3-c3ccc(-c4ccc(N(c5ccc(-c6ccccc6)cc5)c5ccc6c(c5)C(C)(C)c5ccccc5-6)cc4)cc32)cc1. The highest BCUT2D eigenvalue weighted by Crippen LogP contribution is 2.58. The van der Waals surface area contributed by atoms with Crippen molar-refractivity contribution in [1.82, 2.24) is 0 Å². The Morgan fingerprint density at radius 1 is 0.299 bits per heavy atom. The van der Waals surface area contributed by atoms with Crippen LogP contribution in [0.5, 0.6) is 0 Å². The number of unbranched alkanes of at least 4 members (excludes halogenated alkanes) is 3. The number of fused-ring (bicyclic) bond motifs is 9. The molecule has 0 radical (unpaired) electrons. The van der Waals surface area contributed by atoms with Gasteiger partial charge in [0.15, 0.2) is 0 Å². The standard InChI is InChI=1S/C105H96N2/c1-10-71(2)73-36-34-72(35-37-73)25-15-11-12-24-66-105(83-50-48-82(49-51-83)102(3,4)5)100-67-80(78-42-56-86(57-43-78)106(84-52-38-76(39-53-84)74-26-16-13-17-27-74)88-60-64-92-90-30-20-22-32-96(90)103(6,7)98(92)69-88)46-62-94(100)95-63-47-81(68-101(95)105)79-44-58-87(59-45-79)107(85-54-40-77(41-55-85)75-28-18-14-19-29-75)89-61-65-93-91-31-21-23-33-97(91)104(8,9)99(93)70-89/h13-14,16-23,26-65,67-71H,10-12,15,24-25,66H2,1-9H3. The first-order valence-corrected chi connectivity index (χ1v) is 39.1. The lowest BCUT2D eigenvalue weighted by Crippen LogP contribution is -2.27. The molecule has 3 aliphatic carbocycles. The van der Waals surface area contributed by atoms with Gasteiger partial charge in [0.1, 0.15) is 0 Å². The molecule has 0 bridgehead atoms. The molecule has 0 N–H and O–H groups in total. The van der Waals surface area contributed by atoms with Gasteiger partial charge in [-0.25, -0.2) is 0 Å². The number of aryl methyl sites for hydroxylation is 1. The van der Waals surface area contributed by atoms with Crippen LogP contribution in [0, 0.1) is 0 Å². The van der Waals surface area contributed by atoms with Crippen LogP contribution in [-0.4, -0.2) is 0 Å². The molecule has 0 heterocycles. The van der Waals surface area contributed by atoms with Gasteiger partial charge in [-0.15, -0.1) is 0 Å². The average Bonchev–Trinajstić information content (AvgIpc) is 1.55. The van der Waals surface area contributed by atoms with Gasteiger partial charge >= 0.3 is 0 Å². The molecule has 0 saturated heterocycles. The van der Waals surface area contributed by atoms with E-state index in [0.29, 0.717) is 5.92 Å². The van der Waals surface area contributed by atoms with Gasteiger partial charge in [0.25, 0.3) is 0 Å². The molecule has 0 spiro atoms. The predicted octanol–water partition coefficient (Wildman–Crippen LogP) is 29.2. The first kappa shape index (κ1) is 68.8. The third-order valence-electron chi connectivity index (χ3n) is 24.5. The highest BCUT2D eigenvalue weighted by Gasteiger charge is 2.45. The van der Waals surface area contributed by atoms with Crippen LogP contribution in [0.2, 0.25) is 0 Å². The Kier molecular flexibility index (Phi) is 17.9. The van der Waals surface area contributed by atoms with Crippen LogP contribution in [-0.2, 0) is 28.1 Å². The van der Waals surface area contributed by atoms with Crippen molar-refractivity contribution in [3.05, 3.63) is 383 Å². The molecule has 0 aliphatic heterocycles. The average molecular weight is 1390 g/mol. The van der Waals surface area contributed by atoms with Gasteiger partial charge in [-0.3, -0.25) is 0 Å². The van der Waals surface area contributed by atoms with E-state index in [9.17, 15) is 0 Å². The van der Waals surface area contributed by atoms with Crippen molar-refractivity contribution in [2.24, 2.45) is 0 Å². The molecule has 0 amide bonds. The van der Waals surface area contributed by atoms with E-state index in [1.807, 2.05) is 0 Å². The number of hydrogen-bond acceptors (Lipinski definition) is 2. The Labute approximate surface area is 635 Å². The minimum atomic E-state index is -0.438. The van der Waals surface area contributed by atoms with Crippen molar-refractivity contribution >= 4 is 34.1 Å². The van der Waals surface area contributed by atoms with Crippen molar-refractivity contribution in [1.29, 1.82) is 0 Å². The number of nitrogens with zero attached hydrogens (tertiary/aromatic N) is 2. The van der Waals surface area contributed by atoms with Gasteiger partial charge < -0.3 is 9.80 Å². The maximum atomic E-state index is 2.58. The highest BCUT2D eigenvalue weighted by molar-refractivity contribution is 5.92. The third kappa shape index (κ3) is 12.5. The summed E-state index contributed by atoms with van der Waals surface area (Å²) < 4.78 is 0. The maximum Gasteiger partial charge on any atom is 0.0465 e. The van der Waals surface area contributed by atoms with Crippen molar-refractivity contribution in [3.63, 3.8) is 0 Å². The first-order chi connectivity index (χ1) is 52.0. The van der Waals surface area contributed by atoms with Gasteiger partial charge in [0.2, 0.25) is 0 Å². The Hall–Kier alpha value is -11.3. The lowest BCUT2D eigenvalue weighted by Gasteiger charge is -2.34. The molecular formula is C105H96N2. The summed E-state index contributed by atoms with van der Waals surface area (Å²) in [5, 5.41) is 0. The Balaban J connectivity index is 0.754. The van der Waals surface area contributed by atoms with Crippen molar-refractivity contribution in [2.45, 2.75) is 135 Å². The van der Waals surface area contributed by atoms with E-state index in [1.165, 1.54) is 146 Å². The lowest BCUT2D eigenvalue weighted by molar-refractivity contribution is 0.511. The van der Waals surface area contributed by atoms with E-state index >= 15 is 0 Å². The second-order valence-corrected chi connectivity index (χ2v) is 32.6. The number of rotatable bonds is 20. The van der Waals surface area contributed by atoms with Crippen LogP contribution in [0.3, 0.4) is 0 Å². The highest BCUT2D eigenvalue weighted by atomic mass is 15.1. The zero-order valence-corrected chi connectivity index (χ0v) is 63.6. The fourth-order valence-corrected chi connectivity index (χ4v) is 18.1. The summed E-state index contributed by atoms with van der Waals surface area (Å²) >= 11 is 0. The van der Waals surface area contributed by atoms with Crippen LogP contribution in [0.4, 0.5) is 34.1 Å². The largest absolute Gasteiger partial charge is 0.310 e. The molecular weight excluding hydrogens is 1290 g/mol. The van der Waals surface area contributed by atoms with Gasteiger partial charge in [0.05, 0.1) is 0 Å². The molecule has 0 aromatic heterocycles. The Morgan fingerprint density at radius 2 is 0.645 bits per heavy atom. The van der Waals surface area contributed by atoms with Crippen LogP contribution < -0.4 is 9.80 Å². The topological polar surface area (TPSA) is 6.48 Å². The van der Waals surface area contributed by atoms with E-state index in [2.05, 4.69) is 400 Å². The molecule has 526 valence electrons. The first-order valence-electron chi connectivity index (χ1n) is 39.1. The second kappa shape index (κ2) is 27.9. The minimum absolute atomic E-state index is 0.00121. The summed E-state index contributed by atoms with van der Waals surface area (Å²) in [6, 6.07) is 125. The zero-order chi connectivity index (χ0) is 73.2. The zero-order valence-electron chi connectivity index (χ0n) is 63.6. The summed E-state index contributed by atoms with van der Waals surface area (Å²) in [7, 11) is 0. The van der Waals surface area contributed by atoms with Crippen LogP contribution in [0.25, 0.3) is 77.9 Å². The summed E-state index contributed by atoms with van der Waals surface area (Å²) in [6.07, 6.45) is 7.85. The molecule has 0 saturated carbocycles. The molecule has 3 aliphatic rings. The fraction of sp³-hybridized carbons (Fsp3) is 0.200. The number of anilines is 6. The number of benzene rings is 14. The molecule has 14 aromatic rings. The third-order valence-corrected chi connectivity index (χ3v) is 24.5. The molecule has 107 heavy (non-hydrogen) atoms. The normalized spacial score (nSPS) is 14.1. The quantitative estimate of drug-likeness (QED) is 0.0702. The molecule has 14 aromatic carbocycles. The van der Waals surface area contributed by atoms with E-state index in [1.54, 1.807) is 0 Å². The van der Waals surface area contributed by atoms with Crippen LogP contribution in [0.15, 0.2) is 328 Å². The van der Waals surface area contributed by atoms with Crippen LogP contribution in [0.1, 0.15) is 162 Å². The van der Waals surface area contributed by atoms with Gasteiger partial charge in [-0.05, 0) is 255 Å².